The molecule has 1 aliphatic heterocycles. The zero-order valence-electron chi connectivity index (χ0n) is 17.5. The van der Waals surface area contributed by atoms with Crippen LogP contribution in [0.2, 0.25) is 5.02 Å². The van der Waals surface area contributed by atoms with Crippen molar-refractivity contribution in [2.24, 2.45) is 0 Å². The third kappa shape index (κ3) is 5.25. The molecule has 0 unspecified atom stereocenters. The molecule has 0 atom stereocenters. The Morgan fingerprint density at radius 1 is 1.09 bits per heavy atom. The first-order valence-electron chi connectivity index (χ1n) is 9.94. The molecule has 0 aliphatic carbocycles. The average molecular weight is 490 g/mol. The van der Waals surface area contributed by atoms with Crippen molar-refractivity contribution in [3.05, 3.63) is 58.1 Å². The number of likely N-dealkylation sites (N-methyl/N-ethyl adjacent to an activating group) is 1. The lowest BCUT2D eigenvalue weighted by atomic mass is 10.1. The topological polar surface area (TPSA) is 69.7 Å². The largest absolute Gasteiger partial charge is 0.416 e. The summed E-state index contributed by atoms with van der Waals surface area (Å²) in [5.41, 5.74) is -1.07. The summed E-state index contributed by atoms with van der Waals surface area (Å²) < 4.78 is 66.9. The van der Waals surface area contributed by atoms with Crippen molar-refractivity contribution in [1.29, 1.82) is 0 Å². The van der Waals surface area contributed by atoms with Crippen molar-refractivity contribution in [3.8, 4) is 0 Å². The van der Waals surface area contributed by atoms with E-state index < -0.39 is 27.7 Å². The van der Waals surface area contributed by atoms with Crippen LogP contribution in [0, 0.1) is 6.92 Å². The fourth-order valence-corrected chi connectivity index (χ4v) is 5.13. The number of hydrogen-bond acceptors (Lipinski definition) is 4. The molecule has 0 saturated carbocycles. The number of amides is 1. The number of sulfonamides is 1. The summed E-state index contributed by atoms with van der Waals surface area (Å²) in [6.45, 7) is 6.00. The van der Waals surface area contributed by atoms with Crippen molar-refractivity contribution in [3.63, 3.8) is 0 Å². The molecule has 1 aliphatic rings. The molecule has 32 heavy (non-hydrogen) atoms. The van der Waals surface area contributed by atoms with E-state index in [0.717, 1.165) is 18.7 Å². The van der Waals surface area contributed by atoms with E-state index in [4.69, 9.17) is 11.6 Å². The normalized spacial score (nSPS) is 16.2. The Kier molecular flexibility index (Phi) is 7.18. The highest BCUT2D eigenvalue weighted by atomic mass is 35.5. The van der Waals surface area contributed by atoms with Crippen LogP contribution in [-0.4, -0.2) is 56.3 Å². The van der Waals surface area contributed by atoms with Gasteiger partial charge in [-0.25, -0.2) is 8.42 Å². The van der Waals surface area contributed by atoms with Crippen molar-refractivity contribution in [2.75, 3.05) is 38.0 Å². The van der Waals surface area contributed by atoms with Gasteiger partial charge in [0, 0.05) is 31.9 Å². The van der Waals surface area contributed by atoms with Gasteiger partial charge in [0.15, 0.2) is 0 Å². The van der Waals surface area contributed by atoms with Crippen LogP contribution >= 0.6 is 11.6 Å². The van der Waals surface area contributed by atoms with Crippen LogP contribution in [0.5, 0.6) is 0 Å². The van der Waals surface area contributed by atoms with Gasteiger partial charge in [-0.15, -0.1) is 0 Å². The van der Waals surface area contributed by atoms with E-state index in [1.165, 1.54) is 35.5 Å². The second-order valence-corrected chi connectivity index (χ2v) is 9.81. The van der Waals surface area contributed by atoms with Crippen LogP contribution in [0.15, 0.2) is 41.3 Å². The molecule has 0 radical (unpaired) electrons. The number of alkyl halides is 3. The number of anilines is 1. The summed E-state index contributed by atoms with van der Waals surface area (Å²) in [5.74, 6) is -0.806. The van der Waals surface area contributed by atoms with E-state index in [0.29, 0.717) is 26.2 Å². The summed E-state index contributed by atoms with van der Waals surface area (Å²) in [4.78, 5) is 14.8. The molecule has 1 amide bonds. The maximum Gasteiger partial charge on any atom is 0.416 e. The molecule has 0 bridgehead atoms. The molecule has 2 aromatic rings. The van der Waals surface area contributed by atoms with Crippen molar-refractivity contribution in [2.45, 2.75) is 24.9 Å². The molecule has 1 fully saturated rings. The first-order chi connectivity index (χ1) is 14.9. The summed E-state index contributed by atoms with van der Waals surface area (Å²) in [5, 5.41) is 2.36. The van der Waals surface area contributed by atoms with E-state index in [-0.39, 0.29) is 26.7 Å². The number of nitrogens with one attached hydrogen (secondary N) is 1. The molecule has 1 heterocycles. The zero-order chi connectivity index (χ0) is 23.7. The molecule has 174 valence electrons. The summed E-state index contributed by atoms with van der Waals surface area (Å²) in [7, 11) is -3.85. The standard InChI is InChI=1S/C21H23ClF3N3O3S/c1-3-27-8-10-28(11-9-27)32(30,31)16-6-7-19(22)17(13-16)20(29)26-15-5-4-14(2)18(12-15)21(23,24)25/h4-7,12-13H,3,8-11H2,1-2H3,(H,26,29). The molecule has 0 aromatic heterocycles. The number of aryl methyl sites for hydroxylation is 1. The summed E-state index contributed by atoms with van der Waals surface area (Å²) in [6, 6.07) is 7.17. The van der Waals surface area contributed by atoms with E-state index in [2.05, 4.69) is 10.2 Å². The number of carbonyl (C=O) groups is 1. The van der Waals surface area contributed by atoms with Gasteiger partial charge in [-0.2, -0.15) is 17.5 Å². The van der Waals surface area contributed by atoms with Gasteiger partial charge in [-0.1, -0.05) is 24.6 Å². The van der Waals surface area contributed by atoms with Crippen LogP contribution in [0.1, 0.15) is 28.4 Å². The second kappa shape index (κ2) is 9.38. The van der Waals surface area contributed by atoms with E-state index in [1.54, 1.807) is 0 Å². The molecule has 11 heteroatoms. The first kappa shape index (κ1) is 24.5. The van der Waals surface area contributed by atoms with Gasteiger partial charge in [-0.3, -0.25) is 4.79 Å². The van der Waals surface area contributed by atoms with Crippen LogP contribution in [0.3, 0.4) is 0 Å². The van der Waals surface area contributed by atoms with E-state index in [1.807, 2.05) is 6.92 Å². The number of rotatable bonds is 5. The quantitative estimate of drug-likeness (QED) is 0.682. The molecule has 2 aromatic carbocycles. The minimum atomic E-state index is -4.57. The monoisotopic (exact) mass is 489 g/mol. The number of hydrogen-bond donors (Lipinski definition) is 1. The third-order valence-corrected chi connectivity index (χ3v) is 7.62. The zero-order valence-corrected chi connectivity index (χ0v) is 19.1. The Morgan fingerprint density at radius 2 is 1.75 bits per heavy atom. The first-order valence-corrected chi connectivity index (χ1v) is 11.8. The van der Waals surface area contributed by atoms with Gasteiger partial charge in [0.25, 0.3) is 5.91 Å². The van der Waals surface area contributed by atoms with E-state index in [9.17, 15) is 26.4 Å². The van der Waals surface area contributed by atoms with Crippen molar-refractivity contribution < 1.29 is 26.4 Å². The Bertz CT molecular complexity index is 1120. The fourth-order valence-electron chi connectivity index (χ4n) is 3.48. The van der Waals surface area contributed by atoms with Gasteiger partial charge in [0.1, 0.15) is 0 Å². The van der Waals surface area contributed by atoms with Crippen molar-refractivity contribution >= 4 is 33.2 Å². The number of piperazine rings is 1. The van der Waals surface area contributed by atoms with Gasteiger partial charge in [-0.05, 0) is 49.4 Å². The van der Waals surface area contributed by atoms with Crippen molar-refractivity contribution in [1.82, 2.24) is 9.21 Å². The molecular weight excluding hydrogens is 467 g/mol. The van der Waals surface area contributed by atoms with Crippen LogP contribution in [-0.2, 0) is 16.2 Å². The lowest BCUT2D eigenvalue weighted by Gasteiger charge is -2.33. The fraction of sp³-hybridized carbons (Fsp3) is 0.381. The van der Waals surface area contributed by atoms with Gasteiger partial charge >= 0.3 is 6.18 Å². The lowest BCUT2D eigenvalue weighted by molar-refractivity contribution is -0.138. The van der Waals surface area contributed by atoms with E-state index >= 15 is 0 Å². The molecule has 3 rings (SSSR count). The van der Waals surface area contributed by atoms with Crippen LogP contribution in [0.25, 0.3) is 0 Å². The lowest BCUT2D eigenvalue weighted by Crippen LogP contribution is -2.48. The molecule has 6 nitrogen and oxygen atoms in total. The second-order valence-electron chi connectivity index (χ2n) is 7.46. The third-order valence-electron chi connectivity index (χ3n) is 5.40. The Balaban J connectivity index is 1.85. The molecular formula is C21H23ClF3N3O3S. The number of halogens is 4. The smallest absolute Gasteiger partial charge is 0.322 e. The maximum absolute atomic E-state index is 13.2. The Hall–Kier alpha value is -2.14. The van der Waals surface area contributed by atoms with Crippen LogP contribution in [0.4, 0.5) is 18.9 Å². The molecule has 1 saturated heterocycles. The SMILES string of the molecule is CCN1CCN(S(=O)(=O)c2ccc(Cl)c(C(=O)Nc3ccc(C)c(C(F)(F)F)c3)c2)CC1. The van der Waals surface area contributed by atoms with Gasteiger partial charge in [0.05, 0.1) is 21.0 Å². The highest BCUT2D eigenvalue weighted by Crippen LogP contribution is 2.34. The Labute approximate surface area is 190 Å². The number of benzene rings is 2. The van der Waals surface area contributed by atoms with Crippen LogP contribution < -0.4 is 5.32 Å². The molecule has 1 N–H and O–H groups in total. The number of nitrogens with zero attached hydrogens (tertiary/aromatic N) is 2. The minimum absolute atomic E-state index is 0.0135. The number of carbonyl (C=O) groups excluding carboxylic acids is 1. The summed E-state index contributed by atoms with van der Waals surface area (Å²) in [6.07, 6.45) is -4.57. The van der Waals surface area contributed by atoms with Gasteiger partial charge < -0.3 is 10.2 Å². The van der Waals surface area contributed by atoms with Gasteiger partial charge in [0.2, 0.25) is 10.0 Å². The summed E-state index contributed by atoms with van der Waals surface area (Å²) >= 11 is 6.10. The highest BCUT2D eigenvalue weighted by Gasteiger charge is 2.33. The maximum atomic E-state index is 13.2. The minimum Gasteiger partial charge on any atom is -0.322 e. The molecule has 0 spiro atoms. The predicted octanol–water partition coefficient (Wildman–Crippen LogP) is 4.25. The average Bonchev–Trinajstić information content (AvgIpc) is 2.74. The highest BCUT2D eigenvalue weighted by molar-refractivity contribution is 7.89. The predicted molar refractivity (Wildman–Crippen MR) is 116 cm³/mol. The Morgan fingerprint density at radius 3 is 2.34 bits per heavy atom.